The molecule has 0 saturated carbocycles. The quantitative estimate of drug-likeness (QED) is 0.807. The van der Waals surface area contributed by atoms with E-state index in [0.717, 1.165) is 0 Å². The molecule has 2 N–H and O–H groups in total. The predicted octanol–water partition coefficient (Wildman–Crippen LogP) is 0.684. The molecule has 0 aliphatic carbocycles. The lowest BCUT2D eigenvalue weighted by molar-refractivity contribution is 0.593. The summed E-state index contributed by atoms with van der Waals surface area (Å²) in [5, 5.41) is 0. The van der Waals surface area contributed by atoms with Crippen LogP contribution in [0.4, 0.5) is 4.39 Å². The van der Waals surface area contributed by atoms with E-state index in [4.69, 9.17) is 5.73 Å². The molecular weight excluding hydrogens is 245 g/mol. The van der Waals surface area contributed by atoms with Crippen LogP contribution in [0.5, 0.6) is 0 Å². The summed E-state index contributed by atoms with van der Waals surface area (Å²) in [6.07, 6.45) is 3.27. The van der Waals surface area contributed by atoms with Crippen molar-refractivity contribution < 1.29 is 4.39 Å². The highest BCUT2D eigenvalue weighted by atomic mass is 19.1. The van der Waals surface area contributed by atoms with Gasteiger partial charge < -0.3 is 10.3 Å². The van der Waals surface area contributed by atoms with Gasteiger partial charge in [-0.1, -0.05) is 17.9 Å². The van der Waals surface area contributed by atoms with Gasteiger partial charge in [0.1, 0.15) is 5.82 Å². The molecule has 5 heteroatoms. The lowest BCUT2D eigenvalue weighted by Gasteiger charge is -2.04. The Kier molecular flexibility index (Phi) is 3.83. The summed E-state index contributed by atoms with van der Waals surface area (Å²) in [6.45, 7) is 0.443. The first-order valence-corrected chi connectivity index (χ1v) is 5.81. The first-order chi connectivity index (χ1) is 9.11. The lowest BCUT2D eigenvalue weighted by atomic mass is 10.1. The number of hydrogen-bond acceptors (Lipinski definition) is 2. The Balaban J connectivity index is 2.27. The molecule has 19 heavy (non-hydrogen) atoms. The summed E-state index contributed by atoms with van der Waals surface area (Å²) in [5.41, 5.74) is 6.11. The summed E-state index contributed by atoms with van der Waals surface area (Å²) in [5.74, 6) is 5.05. The highest BCUT2D eigenvalue weighted by Crippen LogP contribution is 2.11. The number of halogens is 1. The number of hydrogen-bond donors (Lipinski definition) is 1. The van der Waals surface area contributed by atoms with Gasteiger partial charge in [0.25, 0.3) is 0 Å². The van der Waals surface area contributed by atoms with E-state index in [9.17, 15) is 9.18 Å². The van der Waals surface area contributed by atoms with E-state index in [1.807, 2.05) is 0 Å². The zero-order chi connectivity index (χ0) is 13.8. The first kappa shape index (κ1) is 13.1. The van der Waals surface area contributed by atoms with Crippen LogP contribution in [-0.2, 0) is 13.6 Å². The van der Waals surface area contributed by atoms with Crippen LogP contribution in [0.15, 0.2) is 35.4 Å². The molecule has 0 saturated heterocycles. The lowest BCUT2D eigenvalue weighted by Crippen LogP contribution is -2.22. The number of benzene rings is 1. The largest absolute Gasteiger partial charge is 0.328 e. The number of aromatic nitrogens is 2. The van der Waals surface area contributed by atoms with Gasteiger partial charge in [0, 0.05) is 30.6 Å². The zero-order valence-electron chi connectivity index (χ0n) is 10.6. The van der Waals surface area contributed by atoms with Crippen molar-refractivity contribution in [1.82, 2.24) is 9.13 Å². The Labute approximate surface area is 110 Å². The van der Waals surface area contributed by atoms with Crippen LogP contribution >= 0.6 is 0 Å². The van der Waals surface area contributed by atoms with Gasteiger partial charge in [-0.2, -0.15) is 0 Å². The van der Waals surface area contributed by atoms with Crippen LogP contribution < -0.4 is 11.4 Å². The number of imidazole rings is 1. The van der Waals surface area contributed by atoms with E-state index in [1.165, 1.54) is 15.2 Å². The molecule has 1 aromatic carbocycles. The molecule has 2 aromatic rings. The highest BCUT2D eigenvalue weighted by molar-refractivity contribution is 5.37. The van der Waals surface area contributed by atoms with Gasteiger partial charge in [0.05, 0.1) is 13.1 Å². The minimum absolute atomic E-state index is 0.175. The Hall–Kier alpha value is -2.32. The maximum absolute atomic E-state index is 13.9. The molecule has 0 fully saturated rings. The van der Waals surface area contributed by atoms with Crippen molar-refractivity contribution in [3.8, 4) is 11.8 Å². The molecule has 2 rings (SSSR count). The van der Waals surface area contributed by atoms with Crippen molar-refractivity contribution in [1.29, 1.82) is 0 Å². The van der Waals surface area contributed by atoms with Crippen molar-refractivity contribution in [2.24, 2.45) is 12.8 Å². The van der Waals surface area contributed by atoms with Crippen LogP contribution in [-0.4, -0.2) is 15.7 Å². The van der Waals surface area contributed by atoms with Crippen molar-refractivity contribution >= 4 is 0 Å². The summed E-state index contributed by atoms with van der Waals surface area (Å²) < 4.78 is 16.8. The third-order valence-corrected chi connectivity index (χ3v) is 2.75. The number of nitrogens with zero attached hydrogens (tertiary/aromatic N) is 2. The SMILES string of the molecule is Cn1ccn(Cc2ccc(C#CCN)cc2F)c1=O. The summed E-state index contributed by atoms with van der Waals surface area (Å²) in [7, 11) is 1.65. The van der Waals surface area contributed by atoms with Crippen LogP contribution in [0.3, 0.4) is 0 Å². The third kappa shape index (κ3) is 2.92. The monoisotopic (exact) mass is 259 g/mol. The normalized spacial score (nSPS) is 10.1. The second-order valence-corrected chi connectivity index (χ2v) is 4.13. The molecule has 0 radical (unpaired) electrons. The molecule has 0 bridgehead atoms. The van der Waals surface area contributed by atoms with Crippen molar-refractivity contribution in [2.45, 2.75) is 6.54 Å². The first-order valence-electron chi connectivity index (χ1n) is 5.81. The number of aryl methyl sites for hydroxylation is 1. The van der Waals surface area contributed by atoms with Crippen LogP contribution in [0.2, 0.25) is 0 Å². The highest BCUT2D eigenvalue weighted by Gasteiger charge is 2.06. The van der Waals surface area contributed by atoms with Gasteiger partial charge in [-0.3, -0.25) is 4.57 Å². The number of rotatable bonds is 2. The van der Waals surface area contributed by atoms with E-state index in [2.05, 4.69) is 11.8 Å². The maximum atomic E-state index is 13.9. The van der Waals surface area contributed by atoms with E-state index in [1.54, 1.807) is 31.6 Å². The maximum Gasteiger partial charge on any atom is 0.328 e. The Morgan fingerprint density at radius 1 is 1.37 bits per heavy atom. The molecular formula is C14H14FN3O. The minimum atomic E-state index is -0.375. The van der Waals surface area contributed by atoms with Crippen molar-refractivity contribution in [3.63, 3.8) is 0 Å². The Morgan fingerprint density at radius 3 is 2.74 bits per heavy atom. The molecule has 1 heterocycles. The molecule has 4 nitrogen and oxygen atoms in total. The van der Waals surface area contributed by atoms with E-state index < -0.39 is 0 Å². The molecule has 0 unspecified atom stereocenters. The van der Waals surface area contributed by atoms with Crippen LogP contribution in [0.25, 0.3) is 0 Å². The fraction of sp³-hybridized carbons (Fsp3) is 0.214. The average molecular weight is 259 g/mol. The second-order valence-electron chi connectivity index (χ2n) is 4.13. The molecule has 0 atom stereocenters. The third-order valence-electron chi connectivity index (χ3n) is 2.75. The predicted molar refractivity (Wildman–Crippen MR) is 71.1 cm³/mol. The van der Waals surface area contributed by atoms with Crippen molar-refractivity contribution in [2.75, 3.05) is 6.54 Å². The zero-order valence-corrected chi connectivity index (χ0v) is 10.6. The van der Waals surface area contributed by atoms with Gasteiger partial charge in [-0.25, -0.2) is 9.18 Å². The second kappa shape index (κ2) is 5.55. The van der Waals surface area contributed by atoms with Crippen LogP contribution in [0, 0.1) is 17.7 Å². The van der Waals surface area contributed by atoms with E-state index in [0.29, 0.717) is 11.1 Å². The van der Waals surface area contributed by atoms with E-state index in [-0.39, 0.29) is 24.6 Å². The Morgan fingerprint density at radius 2 is 2.16 bits per heavy atom. The fourth-order valence-electron chi connectivity index (χ4n) is 1.72. The standard InChI is InChI=1S/C14H14FN3O/c1-17-7-8-18(14(17)19)10-12-5-4-11(3-2-6-16)9-13(12)15/h4-5,7-9H,6,10,16H2,1H3. The summed E-state index contributed by atoms with van der Waals surface area (Å²) in [6, 6.07) is 4.70. The molecule has 0 amide bonds. The topological polar surface area (TPSA) is 52.9 Å². The van der Waals surface area contributed by atoms with Crippen molar-refractivity contribution in [3.05, 3.63) is 58.0 Å². The molecule has 0 aliphatic rings. The minimum Gasteiger partial charge on any atom is -0.320 e. The van der Waals surface area contributed by atoms with Crippen LogP contribution in [0.1, 0.15) is 11.1 Å². The molecule has 0 spiro atoms. The molecule has 1 aromatic heterocycles. The van der Waals surface area contributed by atoms with Gasteiger partial charge in [-0.05, 0) is 12.1 Å². The molecule has 98 valence electrons. The smallest absolute Gasteiger partial charge is 0.320 e. The fourth-order valence-corrected chi connectivity index (χ4v) is 1.72. The van der Waals surface area contributed by atoms with Gasteiger partial charge in [0.15, 0.2) is 0 Å². The summed E-state index contributed by atoms with van der Waals surface area (Å²) >= 11 is 0. The van der Waals surface area contributed by atoms with Gasteiger partial charge in [-0.15, -0.1) is 0 Å². The average Bonchev–Trinajstić information content (AvgIpc) is 2.71. The Bertz CT molecular complexity index is 703. The summed E-state index contributed by atoms with van der Waals surface area (Å²) in [4.78, 5) is 11.7. The molecule has 0 aliphatic heterocycles. The van der Waals surface area contributed by atoms with Gasteiger partial charge >= 0.3 is 5.69 Å². The van der Waals surface area contributed by atoms with Gasteiger partial charge in [0.2, 0.25) is 0 Å². The number of nitrogens with two attached hydrogens (primary N) is 1. The van der Waals surface area contributed by atoms with E-state index >= 15 is 0 Å².